The van der Waals surface area contributed by atoms with Crippen LogP contribution in [0.15, 0.2) is 82.0 Å². The summed E-state index contributed by atoms with van der Waals surface area (Å²) in [6, 6.07) is 20.0. The van der Waals surface area contributed by atoms with Gasteiger partial charge in [0.25, 0.3) is 5.91 Å². The lowest BCUT2D eigenvalue weighted by Crippen LogP contribution is -2.13. The van der Waals surface area contributed by atoms with Gasteiger partial charge in [-0.05, 0) is 42.0 Å². The van der Waals surface area contributed by atoms with Gasteiger partial charge in [0, 0.05) is 17.9 Å². The molecule has 5 aromatic rings. The fourth-order valence-corrected chi connectivity index (χ4v) is 4.44. The second kappa shape index (κ2) is 7.77. The number of hydrogen-bond donors (Lipinski definition) is 1. The number of thiazole rings is 1. The van der Waals surface area contributed by atoms with Crippen molar-refractivity contribution in [2.24, 2.45) is 0 Å². The van der Waals surface area contributed by atoms with Gasteiger partial charge in [0.05, 0.1) is 21.0 Å². The van der Waals surface area contributed by atoms with Crippen LogP contribution in [0.5, 0.6) is 0 Å². The van der Waals surface area contributed by atoms with Crippen molar-refractivity contribution < 1.29 is 13.6 Å². The number of aromatic nitrogens is 1. The van der Waals surface area contributed by atoms with Crippen molar-refractivity contribution in [3.05, 3.63) is 105 Å². The van der Waals surface area contributed by atoms with Crippen molar-refractivity contribution in [1.82, 2.24) is 4.98 Å². The normalized spacial score (nSPS) is 11.1. The average Bonchev–Trinajstić information content (AvgIpc) is 3.18. The van der Waals surface area contributed by atoms with E-state index in [0.29, 0.717) is 23.0 Å². The minimum Gasteiger partial charge on any atom is -0.422 e. The van der Waals surface area contributed by atoms with Gasteiger partial charge in [-0.3, -0.25) is 4.79 Å². The molecular formula is C24H15FN2O3S. The molecule has 7 heteroatoms. The zero-order chi connectivity index (χ0) is 21.4. The van der Waals surface area contributed by atoms with Crippen molar-refractivity contribution in [2.75, 3.05) is 5.32 Å². The maximum Gasteiger partial charge on any atom is 0.336 e. The first-order valence-electron chi connectivity index (χ1n) is 9.54. The monoisotopic (exact) mass is 430 g/mol. The quantitative estimate of drug-likeness (QED) is 0.388. The van der Waals surface area contributed by atoms with Gasteiger partial charge in [-0.1, -0.05) is 30.3 Å². The van der Waals surface area contributed by atoms with Crippen LogP contribution in [0.2, 0.25) is 0 Å². The van der Waals surface area contributed by atoms with Gasteiger partial charge in [-0.15, -0.1) is 11.3 Å². The van der Waals surface area contributed by atoms with E-state index in [1.54, 1.807) is 42.5 Å². The number of halogens is 1. The van der Waals surface area contributed by atoms with Crippen LogP contribution in [-0.4, -0.2) is 10.9 Å². The summed E-state index contributed by atoms with van der Waals surface area (Å²) in [4.78, 5) is 29.3. The second-order valence-corrected chi connectivity index (χ2v) is 8.11. The molecule has 0 bridgehead atoms. The molecule has 0 aliphatic heterocycles. The Morgan fingerprint density at radius 1 is 1.00 bits per heavy atom. The molecule has 5 nitrogen and oxygen atoms in total. The third-order valence-corrected chi connectivity index (χ3v) is 5.89. The maximum atomic E-state index is 13.1. The van der Waals surface area contributed by atoms with Gasteiger partial charge in [-0.25, -0.2) is 14.2 Å². The minimum atomic E-state index is -0.514. The van der Waals surface area contributed by atoms with Crippen LogP contribution in [0.3, 0.4) is 0 Å². The number of rotatable bonds is 4. The van der Waals surface area contributed by atoms with Gasteiger partial charge in [-0.2, -0.15) is 0 Å². The average molecular weight is 430 g/mol. The summed E-state index contributed by atoms with van der Waals surface area (Å²) in [6.07, 6.45) is 0.571. The van der Waals surface area contributed by atoms with E-state index in [-0.39, 0.29) is 22.9 Å². The second-order valence-electron chi connectivity index (χ2n) is 7.00. The molecule has 2 aromatic heterocycles. The van der Waals surface area contributed by atoms with Gasteiger partial charge in [0.15, 0.2) is 5.58 Å². The van der Waals surface area contributed by atoms with Crippen LogP contribution < -0.4 is 10.9 Å². The number of benzene rings is 3. The predicted octanol–water partition coefficient (Wildman–Crippen LogP) is 5.38. The lowest BCUT2D eigenvalue weighted by Gasteiger charge is -2.07. The Hall–Kier alpha value is -3.84. The largest absolute Gasteiger partial charge is 0.422 e. The van der Waals surface area contributed by atoms with Crippen LogP contribution in [0.4, 0.5) is 10.1 Å². The van der Waals surface area contributed by atoms with E-state index < -0.39 is 5.63 Å². The van der Waals surface area contributed by atoms with E-state index in [9.17, 15) is 14.0 Å². The summed E-state index contributed by atoms with van der Waals surface area (Å²) in [5.41, 5.74) is 2.21. The summed E-state index contributed by atoms with van der Waals surface area (Å²) >= 11 is 1.52. The number of anilines is 1. The Bertz CT molecular complexity index is 1490. The van der Waals surface area contributed by atoms with Crippen LogP contribution in [0, 0.1) is 5.82 Å². The number of para-hydroxylation sites is 2. The van der Waals surface area contributed by atoms with Crippen LogP contribution in [0.1, 0.15) is 20.9 Å². The van der Waals surface area contributed by atoms with E-state index in [2.05, 4.69) is 5.32 Å². The lowest BCUT2D eigenvalue weighted by atomic mass is 10.1. The third-order valence-electron chi connectivity index (χ3n) is 4.87. The molecule has 0 saturated carbocycles. The zero-order valence-corrected chi connectivity index (χ0v) is 16.9. The molecule has 0 atom stereocenters. The molecule has 0 spiro atoms. The Labute approximate surface area is 179 Å². The number of amides is 1. The molecule has 0 unspecified atom stereocenters. The van der Waals surface area contributed by atoms with Gasteiger partial charge < -0.3 is 9.73 Å². The minimum absolute atomic E-state index is 0.245. The van der Waals surface area contributed by atoms with E-state index in [4.69, 9.17) is 9.40 Å². The fraction of sp³-hybridized carbons (Fsp3) is 0.0417. The van der Waals surface area contributed by atoms with Gasteiger partial charge >= 0.3 is 5.63 Å². The Morgan fingerprint density at radius 2 is 1.81 bits per heavy atom. The van der Waals surface area contributed by atoms with Crippen molar-refractivity contribution >= 4 is 44.1 Å². The molecule has 5 rings (SSSR count). The third kappa shape index (κ3) is 3.83. The van der Waals surface area contributed by atoms with E-state index in [1.165, 1.54) is 29.5 Å². The number of carbonyl (C=O) groups excluding carboxylic acids is 1. The Balaban J connectivity index is 1.47. The fourth-order valence-electron chi connectivity index (χ4n) is 3.41. The van der Waals surface area contributed by atoms with Crippen molar-refractivity contribution in [2.45, 2.75) is 6.42 Å². The molecular weight excluding hydrogens is 415 g/mol. The van der Waals surface area contributed by atoms with Crippen LogP contribution >= 0.6 is 11.3 Å². The predicted molar refractivity (Wildman–Crippen MR) is 119 cm³/mol. The number of carbonyl (C=O) groups is 1. The lowest BCUT2D eigenvalue weighted by molar-refractivity contribution is 0.102. The molecule has 31 heavy (non-hydrogen) atoms. The molecule has 3 aromatic carbocycles. The van der Waals surface area contributed by atoms with Crippen LogP contribution in [0.25, 0.3) is 21.2 Å². The number of nitrogens with zero attached hydrogens (tertiary/aromatic N) is 1. The highest BCUT2D eigenvalue weighted by Gasteiger charge is 2.16. The Morgan fingerprint density at radius 3 is 2.65 bits per heavy atom. The Kier molecular flexibility index (Phi) is 4.80. The summed E-state index contributed by atoms with van der Waals surface area (Å²) < 4.78 is 19.3. The molecule has 0 aliphatic rings. The molecule has 1 amide bonds. The molecule has 152 valence electrons. The summed E-state index contributed by atoms with van der Waals surface area (Å²) in [7, 11) is 0. The number of nitrogens with one attached hydrogen (secondary N) is 1. The smallest absolute Gasteiger partial charge is 0.336 e. The number of hydrogen-bond acceptors (Lipinski definition) is 5. The standard InChI is InChI=1S/C24H15FN2O3S/c25-16-10-7-14(8-11-16)13-20-27-22-18(5-2-6-19(22)31-20)26-24(29)17-4-1-3-15-9-12-21(28)30-23(15)17/h1-12H,13H2,(H,26,29). The highest BCUT2D eigenvalue weighted by Crippen LogP contribution is 2.30. The molecule has 2 heterocycles. The molecule has 0 saturated heterocycles. The SMILES string of the molecule is O=C(Nc1cccc2sc(Cc3ccc(F)cc3)nc12)c1cccc2ccc(=O)oc12. The van der Waals surface area contributed by atoms with Crippen LogP contribution in [-0.2, 0) is 6.42 Å². The molecule has 0 radical (unpaired) electrons. The molecule has 1 N–H and O–H groups in total. The first kappa shape index (κ1) is 19.1. The summed E-state index contributed by atoms with van der Waals surface area (Å²) in [5, 5.41) is 4.42. The topological polar surface area (TPSA) is 72.2 Å². The van der Waals surface area contributed by atoms with Gasteiger partial charge in [0.1, 0.15) is 11.3 Å². The first-order chi connectivity index (χ1) is 15.1. The zero-order valence-electron chi connectivity index (χ0n) is 16.1. The molecule has 0 fully saturated rings. The van der Waals surface area contributed by atoms with Crippen molar-refractivity contribution in [1.29, 1.82) is 0 Å². The van der Waals surface area contributed by atoms with E-state index in [1.807, 2.05) is 12.1 Å². The highest BCUT2D eigenvalue weighted by atomic mass is 32.1. The molecule has 0 aliphatic carbocycles. The maximum absolute atomic E-state index is 13.1. The van der Waals surface area contributed by atoms with E-state index in [0.717, 1.165) is 15.3 Å². The van der Waals surface area contributed by atoms with Gasteiger partial charge in [0.2, 0.25) is 0 Å². The summed E-state index contributed by atoms with van der Waals surface area (Å²) in [6.45, 7) is 0. The summed E-state index contributed by atoms with van der Waals surface area (Å²) in [5.74, 6) is -0.664. The van der Waals surface area contributed by atoms with Crippen molar-refractivity contribution in [3.63, 3.8) is 0 Å². The van der Waals surface area contributed by atoms with E-state index >= 15 is 0 Å². The number of fused-ring (bicyclic) bond motifs is 2. The van der Waals surface area contributed by atoms with Crippen molar-refractivity contribution in [3.8, 4) is 0 Å². The highest BCUT2D eigenvalue weighted by molar-refractivity contribution is 7.18. The first-order valence-corrected chi connectivity index (χ1v) is 10.4.